The minimum Gasteiger partial charge on any atom is -0.491 e. The van der Waals surface area contributed by atoms with Crippen molar-refractivity contribution in [1.82, 2.24) is 20.1 Å². The third kappa shape index (κ3) is 3.81. The molecule has 0 fully saturated rings. The van der Waals surface area contributed by atoms with Gasteiger partial charge in [0.05, 0.1) is 12.6 Å². The van der Waals surface area contributed by atoms with Gasteiger partial charge in [-0.2, -0.15) is 0 Å². The van der Waals surface area contributed by atoms with Crippen molar-refractivity contribution in [2.45, 2.75) is 39.5 Å². The Bertz CT molecular complexity index is 533. The zero-order valence-corrected chi connectivity index (χ0v) is 12.5. The van der Waals surface area contributed by atoms with Crippen molar-refractivity contribution in [1.29, 1.82) is 0 Å². The Morgan fingerprint density at radius 2 is 1.90 bits per heavy atom. The Hall–Kier alpha value is -1.88. The van der Waals surface area contributed by atoms with Gasteiger partial charge in [0.25, 0.3) is 0 Å². The number of benzene rings is 1. The molecule has 1 unspecified atom stereocenters. The highest BCUT2D eigenvalue weighted by Crippen LogP contribution is 2.18. The number of nitrogens with zero attached hydrogens (tertiary/aromatic N) is 3. The highest BCUT2D eigenvalue weighted by molar-refractivity contribution is 5.29. The molecule has 0 saturated heterocycles. The minimum atomic E-state index is 0.201. The normalized spacial score (nSPS) is 12.7. The van der Waals surface area contributed by atoms with E-state index in [0.29, 0.717) is 6.54 Å². The summed E-state index contributed by atoms with van der Waals surface area (Å²) in [7, 11) is 1.94. The van der Waals surface area contributed by atoms with Crippen molar-refractivity contribution in [2.24, 2.45) is 7.05 Å². The summed E-state index contributed by atoms with van der Waals surface area (Å²) in [5.74, 6) is 1.83. The lowest BCUT2D eigenvalue weighted by atomic mass is 10.1. The van der Waals surface area contributed by atoms with Crippen molar-refractivity contribution < 1.29 is 4.74 Å². The molecule has 1 N–H and O–H groups in total. The summed E-state index contributed by atoms with van der Waals surface area (Å²) >= 11 is 0. The van der Waals surface area contributed by atoms with E-state index in [0.717, 1.165) is 11.6 Å². The first-order chi connectivity index (χ1) is 9.56. The van der Waals surface area contributed by atoms with Crippen molar-refractivity contribution in [3.05, 3.63) is 42.0 Å². The molecule has 2 rings (SSSR count). The molecule has 108 valence electrons. The Morgan fingerprint density at radius 1 is 1.20 bits per heavy atom. The van der Waals surface area contributed by atoms with Gasteiger partial charge in [0.15, 0.2) is 0 Å². The molecule has 0 aliphatic heterocycles. The minimum absolute atomic E-state index is 0.201. The Kier molecular flexibility index (Phi) is 4.74. The van der Waals surface area contributed by atoms with Gasteiger partial charge in [0.1, 0.15) is 17.9 Å². The monoisotopic (exact) mass is 274 g/mol. The molecule has 0 radical (unpaired) electrons. The molecule has 0 saturated carbocycles. The van der Waals surface area contributed by atoms with Crippen LogP contribution in [0.3, 0.4) is 0 Å². The van der Waals surface area contributed by atoms with Gasteiger partial charge in [-0.05, 0) is 38.5 Å². The maximum atomic E-state index is 5.64. The number of aryl methyl sites for hydroxylation is 1. The highest BCUT2D eigenvalue weighted by atomic mass is 16.5. The van der Waals surface area contributed by atoms with Gasteiger partial charge in [0, 0.05) is 13.1 Å². The molecule has 0 aliphatic rings. The number of hydrogen-bond donors (Lipinski definition) is 1. The fourth-order valence-electron chi connectivity index (χ4n) is 1.94. The van der Waals surface area contributed by atoms with Gasteiger partial charge >= 0.3 is 0 Å². The van der Waals surface area contributed by atoms with Gasteiger partial charge in [-0.1, -0.05) is 12.1 Å². The second kappa shape index (κ2) is 6.52. The lowest BCUT2D eigenvalue weighted by molar-refractivity contribution is 0.242. The largest absolute Gasteiger partial charge is 0.491 e. The summed E-state index contributed by atoms with van der Waals surface area (Å²) in [5, 5.41) is 11.4. The van der Waals surface area contributed by atoms with Crippen LogP contribution in [0.1, 0.15) is 38.2 Å². The molecule has 1 aromatic carbocycles. The average Bonchev–Trinajstić information content (AvgIpc) is 2.82. The molecule has 1 aromatic heterocycles. The first kappa shape index (κ1) is 14.5. The van der Waals surface area contributed by atoms with Crippen molar-refractivity contribution in [3.8, 4) is 5.75 Å². The number of ether oxygens (including phenoxy) is 1. The molecule has 1 heterocycles. The zero-order chi connectivity index (χ0) is 14.5. The summed E-state index contributed by atoms with van der Waals surface area (Å²) in [4.78, 5) is 0. The summed E-state index contributed by atoms with van der Waals surface area (Å²) < 4.78 is 7.56. The van der Waals surface area contributed by atoms with Crippen LogP contribution < -0.4 is 10.1 Å². The van der Waals surface area contributed by atoms with Gasteiger partial charge in [0.2, 0.25) is 0 Å². The average molecular weight is 274 g/mol. The van der Waals surface area contributed by atoms with Crippen LogP contribution in [0.5, 0.6) is 5.75 Å². The number of aromatic nitrogens is 3. The fraction of sp³-hybridized carbons (Fsp3) is 0.467. The van der Waals surface area contributed by atoms with E-state index in [-0.39, 0.29) is 12.1 Å². The van der Waals surface area contributed by atoms with Crippen LogP contribution in [0.15, 0.2) is 30.6 Å². The summed E-state index contributed by atoms with van der Waals surface area (Å²) in [6.07, 6.45) is 1.91. The maximum Gasteiger partial charge on any atom is 0.146 e. The third-order valence-corrected chi connectivity index (χ3v) is 3.12. The van der Waals surface area contributed by atoms with Crippen molar-refractivity contribution in [3.63, 3.8) is 0 Å². The SMILES string of the molecule is CC(C)Oc1ccc(C(C)NCc2nncn2C)cc1. The smallest absolute Gasteiger partial charge is 0.146 e. The van der Waals surface area contributed by atoms with E-state index in [9.17, 15) is 0 Å². The van der Waals surface area contributed by atoms with Crippen LogP contribution in [0.2, 0.25) is 0 Å². The number of hydrogen-bond acceptors (Lipinski definition) is 4. The molecule has 2 aromatic rings. The van der Waals surface area contributed by atoms with Crippen LogP contribution in [0.25, 0.3) is 0 Å². The molecule has 5 heteroatoms. The second-order valence-corrected chi connectivity index (χ2v) is 5.20. The summed E-state index contributed by atoms with van der Waals surface area (Å²) in [5.41, 5.74) is 1.23. The van der Waals surface area contributed by atoms with Crippen molar-refractivity contribution >= 4 is 0 Å². The Labute approximate surface area is 120 Å². The van der Waals surface area contributed by atoms with E-state index in [2.05, 4.69) is 34.6 Å². The number of rotatable bonds is 6. The lowest BCUT2D eigenvalue weighted by Crippen LogP contribution is -2.20. The van der Waals surface area contributed by atoms with Gasteiger partial charge in [-0.25, -0.2) is 0 Å². The van der Waals surface area contributed by atoms with Crippen LogP contribution in [-0.2, 0) is 13.6 Å². The Morgan fingerprint density at radius 3 is 2.45 bits per heavy atom. The maximum absolute atomic E-state index is 5.64. The van der Waals surface area contributed by atoms with E-state index in [1.165, 1.54) is 5.56 Å². The predicted molar refractivity (Wildman–Crippen MR) is 78.5 cm³/mol. The van der Waals surface area contributed by atoms with E-state index in [1.54, 1.807) is 6.33 Å². The second-order valence-electron chi connectivity index (χ2n) is 5.20. The molecule has 0 aliphatic carbocycles. The van der Waals surface area contributed by atoms with Crippen LogP contribution in [0, 0.1) is 0 Å². The van der Waals surface area contributed by atoms with Crippen molar-refractivity contribution in [2.75, 3.05) is 0 Å². The van der Waals surface area contributed by atoms with E-state index < -0.39 is 0 Å². The van der Waals surface area contributed by atoms with E-state index in [1.807, 2.05) is 37.6 Å². The van der Waals surface area contributed by atoms with Gasteiger partial charge < -0.3 is 14.6 Å². The molecule has 5 nitrogen and oxygen atoms in total. The van der Waals surface area contributed by atoms with Gasteiger partial charge in [-0.15, -0.1) is 10.2 Å². The van der Waals surface area contributed by atoms with Crippen LogP contribution >= 0.6 is 0 Å². The Balaban J connectivity index is 1.92. The number of nitrogens with one attached hydrogen (secondary N) is 1. The van der Waals surface area contributed by atoms with Crippen LogP contribution in [0.4, 0.5) is 0 Å². The lowest BCUT2D eigenvalue weighted by Gasteiger charge is -2.15. The molecule has 1 atom stereocenters. The van der Waals surface area contributed by atoms with Crippen LogP contribution in [-0.4, -0.2) is 20.9 Å². The van der Waals surface area contributed by atoms with Gasteiger partial charge in [-0.3, -0.25) is 0 Å². The first-order valence-electron chi connectivity index (χ1n) is 6.89. The van der Waals surface area contributed by atoms with E-state index >= 15 is 0 Å². The quantitative estimate of drug-likeness (QED) is 0.879. The fourth-order valence-corrected chi connectivity index (χ4v) is 1.94. The topological polar surface area (TPSA) is 52.0 Å². The van der Waals surface area contributed by atoms with E-state index in [4.69, 9.17) is 4.74 Å². The molecule has 0 spiro atoms. The predicted octanol–water partition coefficient (Wildman–Crippen LogP) is 2.45. The molecular weight excluding hydrogens is 252 g/mol. The highest BCUT2D eigenvalue weighted by Gasteiger charge is 2.07. The zero-order valence-electron chi connectivity index (χ0n) is 12.5. The summed E-state index contributed by atoms with van der Waals surface area (Å²) in [6.45, 7) is 6.88. The molecule has 20 heavy (non-hydrogen) atoms. The summed E-state index contributed by atoms with van der Waals surface area (Å²) in [6, 6.07) is 8.45. The molecular formula is C15H22N4O. The third-order valence-electron chi connectivity index (χ3n) is 3.12. The molecule has 0 amide bonds. The first-order valence-corrected chi connectivity index (χ1v) is 6.89. The molecule has 0 bridgehead atoms. The standard InChI is InChI=1S/C15H22N4O/c1-11(2)20-14-7-5-13(6-8-14)12(3)16-9-15-18-17-10-19(15)4/h5-8,10-12,16H,9H2,1-4H3.